The molecule has 4 amide bonds. The van der Waals surface area contributed by atoms with Crippen molar-refractivity contribution in [2.24, 2.45) is 0 Å². The van der Waals surface area contributed by atoms with Gasteiger partial charge in [0.1, 0.15) is 23.6 Å². The highest BCUT2D eigenvalue weighted by Crippen LogP contribution is 2.26. The minimum atomic E-state index is -3.14. The van der Waals surface area contributed by atoms with E-state index in [0.29, 0.717) is 21.9 Å². The predicted molar refractivity (Wildman–Crippen MR) is 152 cm³/mol. The van der Waals surface area contributed by atoms with Crippen molar-refractivity contribution in [3.8, 4) is 17.6 Å². The molecule has 3 atom stereocenters. The van der Waals surface area contributed by atoms with Crippen molar-refractivity contribution in [1.29, 1.82) is 5.26 Å². The standard InChI is InChI=1S/C29H27F2N5O7S/c30-28(31)43-21-11-23(27(39)35-22(13-34-29(40)41)24-10-17(12-32)16-44-24)36(15-21)25(37)14-33-26(38)18-6-8-20(9-7-18)42-19-4-2-1-3-5-19/h1-10,16,21-23,28,34H,11,13-15H2,(H,33,38)(H,35,39)(H,40,41)/t21-,22?,23+/m1/s1. The van der Waals surface area contributed by atoms with Gasteiger partial charge in [0, 0.05) is 35.3 Å². The number of benzene rings is 2. The molecule has 4 rings (SSSR count). The third-order valence-electron chi connectivity index (χ3n) is 6.54. The number of carboxylic acid groups (broad SMARTS) is 1. The highest BCUT2D eigenvalue weighted by molar-refractivity contribution is 7.10. The van der Waals surface area contributed by atoms with Crippen LogP contribution < -0.4 is 20.7 Å². The zero-order valence-electron chi connectivity index (χ0n) is 22.9. The van der Waals surface area contributed by atoms with Gasteiger partial charge < -0.3 is 35.4 Å². The molecule has 12 nitrogen and oxygen atoms in total. The molecular formula is C29H27F2N5O7S. The minimum absolute atomic E-state index is 0.231. The van der Waals surface area contributed by atoms with Crippen LogP contribution in [0.15, 0.2) is 66.0 Å². The molecule has 1 saturated heterocycles. The lowest BCUT2D eigenvalue weighted by molar-refractivity contribution is -0.160. The zero-order chi connectivity index (χ0) is 31.6. The number of nitrogens with zero attached hydrogens (tertiary/aromatic N) is 2. The molecule has 2 heterocycles. The van der Waals surface area contributed by atoms with E-state index in [2.05, 4.69) is 20.7 Å². The monoisotopic (exact) mass is 627 g/mol. The number of likely N-dealkylation sites (tertiary alicyclic amines) is 1. The van der Waals surface area contributed by atoms with Crippen LogP contribution in [0.1, 0.15) is 33.3 Å². The number of alkyl halides is 2. The second-order valence-electron chi connectivity index (χ2n) is 9.54. The second-order valence-corrected chi connectivity index (χ2v) is 10.5. The molecule has 2 aromatic carbocycles. The summed E-state index contributed by atoms with van der Waals surface area (Å²) in [6.07, 6.45) is -2.77. The molecule has 1 aromatic heterocycles. The molecule has 230 valence electrons. The molecule has 4 N–H and O–H groups in total. The molecule has 0 radical (unpaired) electrons. The fourth-order valence-electron chi connectivity index (χ4n) is 4.50. The number of hydrogen-bond acceptors (Lipinski definition) is 8. The number of carbonyl (C=O) groups is 4. The van der Waals surface area contributed by atoms with Gasteiger partial charge in [-0.1, -0.05) is 18.2 Å². The van der Waals surface area contributed by atoms with Crippen LogP contribution in [0, 0.1) is 11.3 Å². The maximum atomic E-state index is 13.3. The third kappa shape index (κ3) is 8.72. The van der Waals surface area contributed by atoms with Gasteiger partial charge in [0.15, 0.2) is 0 Å². The van der Waals surface area contributed by atoms with Gasteiger partial charge >= 0.3 is 12.7 Å². The quantitative estimate of drug-likeness (QED) is 0.237. The third-order valence-corrected chi connectivity index (χ3v) is 7.59. The highest BCUT2D eigenvalue weighted by atomic mass is 32.1. The van der Waals surface area contributed by atoms with E-state index in [4.69, 9.17) is 15.1 Å². The largest absolute Gasteiger partial charge is 0.465 e. The summed E-state index contributed by atoms with van der Waals surface area (Å²) in [5.41, 5.74) is 0.533. The summed E-state index contributed by atoms with van der Waals surface area (Å²) in [4.78, 5) is 51.8. The molecule has 0 saturated carbocycles. The first-order valence-electron chi connectivity index (χ1n) is 13.2. The van der Waals surface area contributed by atoms with E-state index in [9.17, 15) is 28.0 Å². The van der Waals surface area contributed by atoms with Crippen LogP contribution in [0.3, 0.4) is 0 Å². The average molecular weight is 628 g/mol. The Morgan fingerprint density at radius 3 is 2.41 bits per heavy atom. The van der Waals surface area contributed by atoms with Crippen LogP contribution in [0.4, 0.5) is 13.6 Å². The number of nitriles is 1. The zero-order valence-corrected chi connectivity index (χ0v) is 23.8. The van der Waals surface area contributed by atoms with Crippen molar-refractivity contribution in [2.75, 3.05) is 19.6 Å². The summed E-state index contributed by atoms with van der Waals surface area (Å²) in [5, 5.41) is 27.0. The molecular weight excluding hydrogens is 600 g/mol. The van der Waals surface area contributed by atoms with Gasteiger partial charge in [-0.15, -0.1) is 11.3 Å². The fourth-order valence-corrected chi connectivity index (χ4v) is 5.38. The smallest absolute Gasteiger partial charge is 0.404 e. The van der Waals surface area contributed by atoms with Gasteiger partial charge in [0.2, 0.25) is 11.8 Å². The summed E-state index contributed by atoms with van der Waals surface area (Å²) >= 11 is 1.11. The summed E-state index contributed by atoms with van der Waals surface area (Å²) in [7, 11) is 0. The van der Waals surface area contributed by atoms with Crippen LogP contribution in [-0.2, 0) is 14.3 Å². The van der Waals surface area contributed by atoms with E-state index in [-0.39, 0.29) is 25.1 Å². The summed E-state index contributed by atoms with van der Waals surface area (Å²) in [6, 6.07) is 16.5. The Balaban J connectivity index is 1.41. The van der Waals surface area contributed by atoms with Gasteiger partial charge in [-0.25, -0.2) is 4.79 Å². The van der Waals surface area contributed by atoms with Gasteiger partial charge in [-0.2, -0.15) is 14.0 Å². The first kappa shape index (κ1) is 31.9. The lowest BCUT2D eigenvalue weighted by atomic mass is 10.1. The first-order valence-corrected chi connectivity index (χ1v) is 14.1. The number of thiophene rings is 1. The Labute approximate surface area is 254 Å². The molecule has 44 heavy (non-hydrogen) atoms. The molecule has 15 heteroatoms. The van der Waals surface area contributed by atoms with Crippen molar-refractivity contribution in [3.05, 3.63) is 82.0 Å². The molecule has 0 aliphatic carbocycles. The second kappa shape index (κ2) is 14.9. The van der Waals surface area contributed by atoms with E-state index in [0.717, 1.165) is 16.2 Å². The van der Waals surface area contributed by atoms with Crippen LogP contribution in [0.25, 0.3) is 0 Å². The number of hydrogen-bond donors (Lipinski definition) is 4. The lowest BCUT2D eigenvalue weighted by Crippen LogP contribution is -2.50. The Morgan fingerprint density at radius 2 is 1.77 bits per heavy atom. The summed E-state index contributed by atoms with van der Waals surface area (Å²) in [6.45, 7) is -4.27. The van der Waals surface area contributed by atoms with E-state index in [1.54, 1.807) is 24.3 Å². The molecule has 0 spiro atoms. The van der Waals surface area contributed by atoms with Crippen LogP contribution in [-0.4, -0.2) is 72.2 Å². The van der Waals surface area contributed by atoms with Gasteiger partial charge in [-0.3, -0.25) is 14.4 Å². The SMILES string of the molecule is N#Cc1csc(C(CNC(=O)O)NC(=O)[C@@H]2C[C@@H](OC(F)F)CN2C(=O)CNC(=O)c2ccc(Oc3ccccc3)cc2)c1. The van der Waals surface area contributed by atoms with E-state index in [1.165, 1.54) is 23.6 Å². The number of carbonyl (C=O) groups excluding carboxylic acids is 3. The van der Waals surface area contributed by atoms with E-state index in [1.807, 2.05) is 24.3 Å². The lowest BCUT2D eigenvalue weighted by Gasteiger charge is -2.26. The Hall–Kier alpha value is -5.07. The molecule has 0 bridgehead atoms. The maximum Gasteiger partial charge on any atom is 0.404 e. The van der Waals surface area contributed by atoms with Gasteiger partial charge in [-0.05, 0) is 42.5 Å². The van der Waals surface area contributed by atoms with Crippen molar-refractivity contribution < 1.29 is 42.5 Å². The van der Waals surface area contributed by atoms with E-state index < -0.39 is 55.2 Å². The fraction of sp³-hybridized carbons (Fsp3) is 0.276. The van der Waals surface area contributed by atoms with E-state index >= 15 is 0 Å². The summed E-state index contributed by atoms with van der Waals surface area (Å²) in [5.74, 6) is -0.950. The molecule has 3 aromatic rings. The Kier molecular flexibility index (Phi) is 10.8. The average Bonchev–Trinajstić information content (AvgIpc) is 3.66. The number of rotatable bonds is 12. The number of halogens is 2. The van der Waals surface area contributed by atoms with Crippen molar-refractivity contribution in [1.82, 2.24) is 20.9 Å². The summed E-state index contributed by atoms with van der Waals surface area (Å²) < 4.78 is 36.3. The highest BCUT2D eigenvalue weighted by Gasteiger charge is 2.41. The van der Waals surface area contributed by atoms with Crippen LogP contribution >= 0.6 is 11.3 Å². The van der Waals surface area contributed by atoms with Gasteiger partial charge in [0.05, 0.1) is 24.3 Å². The number of nitrogens with one attached hydrogen (secondary N) is 3. The number of ether oxygens (including phenoxy) is 2. The van der Waals surface area contributed by atoms with Crippen LogP contribution in [0.5, 0.6) is 11.5 Å². The maximum absolute atomic E-state index is 13.3. The predicted octanol–water partition coefficient (Wildman–Crippen LogP) is 3.48. The Bertz CT molecular complexity index is 1510. The van der Waals surface area contributed by atoms with Crippen molar-refractivity contribution in [2.45, 2.75) is 31.2 Å². The molecule has 1 fully saturated rings. The Morgan fingerprint density at radius 1 is 1.07 bits per heavy atom. The topological polar surface area (TPSA) is 170 Å². The first-order chi connectivity index (χ1) is 21.1. The number of para-hydroxylation sites is 1. The molecule has 1 unspecified atom stereocenters. The number of amides is 4. The van der Waals surface area contributed by atoms with Gasteiger partial charge in [0.25, 0.3) is 5.91 Å². The van der Waals surface area contributed by atoms with Crippen molar-refractivity contribution in [3.63, 3.8) is 0 Å². The van der Waals surface area contributed by atoms with Crippen molar-refractivity contribution >= 4 is 35.2 Å². The molecule has 1 aliphatic heterocycles. The molecule has 1 aliphatic rings. The van der Waals surface area contributed by atoms with Crippen LogP contribution in [0.2, 0.25) is 0 Å². The normalized spacial score (nSPS) is 16.5. The minimum Gasteiger partial charge on any atom is -0.465 e.